The maximum Gasteiger partial charge on any atom is 0.191 e. The Balaban J connectivity index is 1.71. The maximum absolute atomic E-state index is 6.06. The molecule has 0 aliphatic carbocycles. The third-order valence-corrected chi connectivity index (χ3v) is 4.45. The van der Waals surface area contributed by atoms with E-state index in [4.69, 9.17) is 4.74 Å². The van der Waals surface area contributed by atoms with Gasteiger partial charge in [0.2, 0.25) is 0 Å². The first kappa shape index (κ1) is 20.6. The summed E-state index contributed by atoms with van der Waals surface area (Å²) < 4.78 is 6.06. The molecule has 5 heteroatoms. The Morgan fingerprint density at radius 1 is 1.12 bits per heavy atom. The van der Waals surface area contributed by atoms with Gasteiger partial charge in [-0.3, -0.25) is 4.99 Å². The lowest BCUT2D eigenvalue weighted by molar-refractivity contribution is 0.129. The third kappa shape index (κ3) is 7.65. The molecule has 1 aliphatic heterocycles. The van der Waals surface area contributed by atoms with Gasteiger partial charge in [-0.15, -0.1) is 0 Å². The van der Waals surface area contributed by atoms with Crippen molar-refractivity contribution in [2.75, 3.05) is 33.2 Å². The normalized spacial score (nSPS) is 15.9. The van der Waals surface area contributed by atoms with E-state index in [-0.39, 0.29) is 5.60 Å². The number of para-hydroxylation sites is 1. The summed E-state index contributed by atoms with van der Waals surface area (Å²) in [5.74, 6) is 1.77. The maximum atomic E-state index is 6.06. The number of guanidine groups is 1. The van der Waals surface area contributed by atoms with Crippen molar-refractivity contribution in [3.8, 4) is 5.75 Å². The lowest BCUT2D eigenvalue weighted by Crippen LogP contribution is -2.37. The second-order valence-corrected chi connectivity index (χ2v) is 7.93. The molecular formula is C21H36N4O. The van der Waals surface area contributed by atoms with Crippen molar-refractivity contribution in [3.05, 3.63) is 29.8 Å². The zero-order valence-corrected chi connectivity index (χ0v) is 17.0. The Labute approximate surface area is 159 Å². The number of ether oxygens (including phenoxy) is 1. The van der Waals surface area contributed by atoms with Crippen LogP contribution in [0.15, 0.2) is 29.3 Å². The molecule has 146 valence electrons. The lowest BCUT2D eigenvalue weighted by atomic mass is 10.1. The smallest absolute Gasteiger partial charge is 0.191 e. The van der Waals surface area contributed by atoms with E-state index in [2.05, 4.69) is 47.4 Å². The Kier molecular flexibility index (Phi) is 8.23. The van der Waals surface area contributed by atoms with Gasteiger partial charge in [-0.25, -0.2) is 0 Å². The Bertz CT molecular complexity index is 559. The fourth-order valence-electron chi connectivity index (χ4n) is 3.15. The zero-order chi connectivity index (χ0) is 18.8. The number of hydrogen-bond donors (Lipinski definition) is 2. The first-order valence-corrected chi connectivity index (χ1v) is 9.92. The quantitative estimate of drug-likeness (QED) is 0.424. The van der Waals surface area contributed by atoms with E-state index in [1.165, 1.54) is 45.3 Å². The molecule has 1 aromatic carbocycles. The van der Waals surface area contributed by atoms with Crippen LogP contribution in [-0.4, -0.2) is 49.7 Å². The van der Waals surface area contributed by atoms with Crippen molar-refractivity contribution < 1.29 is 4.74 Å². The van der Waals surface area contributed by atoms with E-state index >= 15 is 0 Å². The summed E-state index contributed by atoms with van der Waals surface area (Å²) in [5, 5.41) is 6.80. The average Bonchev–Trinajstić information content (AvgIpc) is 3.10. The molecule has 0 saturated carbocycles. The van der Waals surface area contributed by atoms with Crippen LogP contribution < -0.4 is 15.4 Å². The molecule has 0 unspecified atom stereocenters. The summed E-state index contributed by atoms with van der Waals surface area (Å²) in [7, 11) is 1.82. The molecule has 1 saturated heterocycles. The predicted molar refractivity (Wildman–Crippen MR) is 110 cm³/mol. The van der Waals surface area contributed by atoms with Crippen LogP contribution in [0.3, 0.4) is 0 Å². The summed E-state index contributed by atoms with van der Waals surface area (Å²) in [6, 6.07) is 8.17. The highest BCUT2D eigenvalue weighted by molar-refractivity contribution is 5.79. The van der Waals surface area contributed by atoms with E-state index < -0.39 is 0 Å². The van der Waals surface area contributed by atoms with Gasteiger partial charge < -0.3 is 20.3 Å². The summed E-state index contributed by atoms with van der Waals surface area (Å²) in [6.45, 7) is 11.7. The fraction of sp³-hybridized carbons (Fsp3) is 0.667. The summed E-state index contributed by atoms with van der Waals surface area (Å²) in [5.41, 5.74) is 0.935. The molecule has 26 heavy (non-hydrogen) atoms. The van der Waals surface area contributed by atoms with Crippen LogP contribution in [0.5, 0.6) is 5.75 Å². The molecule has 0 radical (unpaired) electrons. The van der Waals surface area contributed by atoms with E-state index in [9.17, 15) is 0 Å². The number of nitrogens with zero attached hydrogens (tertiary/aromatic N) is 2. The van der Waals surface area contributed by atoms with Gasteiger partial charge >= 0.3 is 0 Å². The third-order valence-electron chi connectivity index (χ3n) is 4.45. The lowest BCUT2D eigenvalue weighted by Gasteiger charge is -2.23. The standard InChI is InChI=1S/C21H36N4O/c1-21(2,3)26-19-12-6-5-11-18(19)17-24-20(22-4)23-13-7-8-14-25-15-9-10-16-25/h5-6,11-12H,7-10,13-17H2,1-4H3,(H2,22,23,24). The highest BCUT2D eigenvalue weighted by atomic mass is 16.5. The first-order valence-electron chi connectivity index (χ1n) is 9.92. The highest BCUT2D eigenvalue weighted by Gasteiger charge is 2.14. The summed E-state index contributed by atoms with van der Waals surface area (Å²) in [4.78, 5) is 6.89. The second-order valence-electron chi connectivity index (χ2n) is 7.93. The largest absolute Gasteiger partial charge is 0.488 e. The fourth-order valence-corrected chi connectivity index (χ4v) is 3.15. The number of benzene rings is 1. The minimum Gasteiger partial charge on any atom is -0.488 e. The van der Waals surface area contributed by atoms with Crippen LogP contribution in [0.1, 0.15) is 52.0 Å². The number of aliphatic imine (C=N–C) groups is 1. The van der Waals surface area contributed by atoms with Crippen molar-refractivity contribution in [1.29, 1.82) is 0 Å². The monoisotopic (exact) mass is 360 g/mol. The topological polar surface area (TPSA) is 48.9 Å². The van der Waals surface area contributed by atoms with E-state index in [1.54, 1.807) is 0 Å². The van der Waals surface area contributed by atoms with Crippen molar-refractivity contribution in [3.63, 3.8) is 0 Å². The molecule has 2 rings (SSSR count). The molecular weight excluding hydrogens is 324 g/mol. The van der Waals surface area contributed by atoms with Gasteiger partial charge in [-0.05, 0) is 72.2 Å². The second kappa shape index (κ2) is 10.4. The van der Waals surface area contributed by atoms with Gasteiger partial charge in [-0.1, -0.05) is 18.2 Å². The molecule has 0 aromatic heterocycles. The number of hydrogen-bond acceptors (Lipinski definition) is 3. The van der Waals surface area contributed by atoms with Crippen molar-refractivity contribution in [1.82, 2.24) is 15.5 Å². The van der Waals surface area contributed by atoms with Gasteiger partial charge in [0.05, 0.1) is 0 Å². The van der Waals surface area contributed by atoms with Crippen LogP contribution in [0, 0.1) is 0 Å². The first-order chi connectivity index (χ1) is 12.5. The SMILES string of the molecule is CN=C(NCCCCN1CCCC1)NCc1ccccc1OC(C)(C)C. The van der Waals surface area contributed by atoms with Gasteiger partial charge in [0.1, 0.15) is 11.4 Å². The zero-order valence-electron chi connectivity index (χ0n) is 17.0. The van der Waals surface area contributed by atoms with Gasteiger partial charge in [0, 0.05) is 25.7 Å². The van der Waals surface area contributed by atoms with Crippen LogP contribution >= 0.6 is 0 Å². The van der Waals surface area contributed by atoms with Crippen LogP contribution in [0.2, 0.25) is 0 Å². The van der Waals surface area contributed by atoms with Gasteiger partial charge in [0.15, 0.2) is 5.96 Å². The van der Waals surface area contributed by atoms with Gasteiger partial charge in [-0.2, -0.15) is 0 Å². The van der Waals surface area contributed by atoms with E-state index in [1.807, 2.05) is 25.2 Å². The van der Waals surface area contributed by atoms with Crippen molar-refractivity contribution >= 4 is 5.96 Å². The average molecular weight is 361 g/mol. The van der Waals surface area contributed by atoms with E-state index in [0.29, 0.717) is 6.54 Å². The summed E-state index contributed by atoms with van der Waals surface area (Å²) in [6.07, 6.45) is 5.15. The highest BCUT2D eigenvalue weighted by Crippen LogP contribution is 2.22. The Hall–Kier alpha value is -1.75. The number of rotatable bonds is 8. The molecule has 0 amide bonds. The minimum atomic E-state index is -0.203. The molecule has 0 spiro atoms. The molecule has 1 fully saturated rings. The minimum absolute atomic E-state index is 0.203. The molecule has 1 aliphatic rings. The predicted octanol–water partition coefficient (Wildman–Crippen LogP) is 3.40. The summed E-state index contributed by atoms with van der Waals surface area (Å²) >= 11 is 0. The number of nitrogens with one attached hydrogen (secondary N) is 2. The van der Waals surface area contributed by atoms with Gasteiger partial charge in [0.25, 0.3) is 0 Å². The number of unbranched alkanes of at least 4 members (excludes halogenated alkanes) is 1. The molecule has 5 nitrogen and oxygen atoms in total. The molecule has 2 N–H and O–H groups in total. The van der Waals surface area contributed by atoms with E-state index in [0.717, 1.165) is 23.8 Å². The van der Waals surface area contributed by atoms with Crippen LogP contribution in [0.4, 0.5) is 0 Å². The van der Waals surface area contributed by atoms with Crippen LogP contribution in [0.25, 0.3) is 0 Å². The number of likely N-dealkylation sites (tertiary alicyclic amines) is 1. The Morgan fingerprint density at radius 3 is 2.54 bits per heavy atom. The van der Waals surface area contributed by atoms with Crippen LogP contribution in [-0.2, 0) is 6.54 Å². The van der Waals surface area contributed by atoms with Crippen molar-refractivity contribution in [2.45, 2.75) is 58.6 Å². The molecule has 0 bridgehead atoms. The molecule has 0 atom stereocenters. The van der Waals surface area contributed by atoms with Crippen molar-refractivity contribution in [2.24, 2.45) is 4.99 Å². The Morgan fingerprint density at radius 2 is 1.85 bits per heavy atom. The molecule has 1 aromatic rings. The molecule has 1 heterocycles.